The molecular formula is C71H84N20O10. The summed E-state index contributed by atoms with van der Waals surface area (Å²) >= 11 is 0. The predicted molar refractivity (Wildman–Crippen MR) is 380 cm³/mol. The number of aromatic nitrogens is 15. The van der Waals surface area contributed by atoms with Crippen molar-refractivity contribution in [1.82, 2.24) is 77.8 Å². The van der Waals surface area contributed by atoms with Crippen LogP contribution in [0.25, 0.3) is 83.8 Å². The molecule has 0 aromatic carbocycles. The summed E-state index contributed by atoms with van der Waals surface area (Å²) in [5, 5.41) is 56.1. The first-order valence-corrected chi connectivity index (χ1v) is 34.0. The molecule has 15 heterocycles. The number of fused-ring (bicyclic) bond motifs is 6. The van der Waals surface area contributed by atoms with E-state index in [1.54, 1.807) is 41.6 Å². The van der Waals surface area contributed by atoms with Crippen LogP contribution in [0.1, 0.15) is 128 Å². The maximum absolute atomic E-state index is 13.0. The third kappa shape index (κ3) is 13.6. The van der Waals surface area contributed by atoms with Gasteiger partial charge in [-0.05, 0) is 108 Å². The fourth-order valence-corrected chi connectivity index (χ4v) is 13.4. The number of anilines is 3. The molecule has 528 valence electrons. The summed E-state index contributed by atoms with van der Waals surface area (Å²) in [6, 6.07) is 18.1. The molecule has 0 bridgehead atoms. The normalized spacial score (nSPS) is 20.3. The molecule has 9 N–H and O–H groups in total. The average molecular weight is 1380 g/mol. The first-order chi connectivity index (χ1) is 48.8. The maximum atomic E-state index is 13.0. The molecule has 2 aliphatic carbocycles. The summed E-state index contributed by atoms with van der Waals surface area (Å²) in [6.07, 6.45) is 24.8. The van der Waals surface area contributed by atoms with Gasteiger partial charge in [-0.1, -0.05) is 7.43 Å². The minimum Gasteiger partial charge on any atom is -0.477 e. The van der Waals surface area contributed by atoms with E-state index in [1.807, 2.05) is 74.9 Å². The quantitative estimate of drug-likeness (QED) is 0.0472. The Kier molecular flexibility index (Phi) is 20.6. The van der Waals surface area contributed by atoms with Crippen LogP contribution < -0.4 is 27.0 Å². The lowest BCUT2D eigenvalue weighted by atomic mass is 9.89. The van der Waals surface area contributed by atoms with Crippen molar-refractivity contribution in [2.75, 3.05) is 83.3 Å². The third-order valence-electron chi connectivity index (χ3n) is 19.2. The number of carboxylic acids is 1. The molecule has 5 aliphatic rings. The number of aromatic carboxylic acids is 1. The van der Waals surface area contributed by atoms with Gasteiger partial charge in [0.15, 0.2) is 16.9 Å². The first-order valence-electron chi connectivity index (χ1n) is 34.0. The second-order valence-corrected chi connectivity index (χ2v) is 25.4. The minimum atomic E-state index is -1.06. The van der Waals surface area contributed by atoms with E-state index >= 15 is 0 Å². The van der Waals surface area contributed by atoms with Crippen LogP contribution in [0, 0.1) is 0 Å². The molecule has 101 heavy (non-hydrogen) atoms. The summed E-state index contributed by atoms with van der Waals surface area (Å²) in [6.45, 7) is 6.44. The first kappa shape index (κ1) is 69.0. The van der Waals surface area contributed by atoms with Crippen LogP contribution >= 0.6 is 0 Å². The number of ether oxygens (including phenoxy) is 4. The van der Waals surface area contributed by atoms with Gasteiger partial charge >= 0.3 is 11.9 Å². The van der Waals surface area contributed by atoms with Gasteiger partial charge in [0.05, 0.1) is 98.5 Å². The van der Waals surface area contributed by atoms with E-state index in [-0.39, 0.29) is 61.8 Å². The van der Waals surface area contributed by atoms with Crippen LogP contribution in [0.3, 0.4) is 0 Å². The van der Waals surface area contributed by atoms with Gasteiger partial charge in [-0.15, -0.1) is 0 Å². The van der Waals surface area contributed by atoms with Gasteiger partial charge in [0, 0.05) is 135 Å². The molecule has 1 unspecified atom stereocenters. The number of esters is 1. The molecule has 30 nitrogen and oxygen atoms in total. The highest BCUT2D eigenvalue weighted by molar-refractivity contribution is 6.02. The third-order valence-corrected chi connectivity index (χ3v) is 19.2. The number of hydrogen-bond acceptors (Lipinski definition) is 22. The van der Waals surface area contributed by atoms with Crippen LogP contribution in [0.15, 0.2) is 110 Å². The van der Waals surface area contributed by atoms with E-state index in [2.05, 4.69) is 82.6 Å². The Morgan fingerprint density at radius 3 is 1.26 bits per heavy atom. The molecule has 12 aromatic heterocycles. The highest BCUT2D eigenvalue weighted by Crippen LogP contribution is 2.39. The molecule has 7 atom stereocenters. The lowest BCUT2D eigenvalue weighted by Gasteiger charge is -2.32. The average Bonchev–Trinajstić information content (AvgIpc) is 1.62. The van der Waals surface area contributed by atoms with Crippen LogP contribution in [0.2, 0.25) is 0 Å². The second kappa shape index (κ2) is 30.1. The summed E-state index contributed by atoms with van der Waals surface area (Å²) < 4.78 is 33.6. The second-order valence-electron chi connectivity index (χ2n) is 25.4. The Bertz CT molecular complexity index is 4950. The topological polar surface area (TPSA) is 367 Å². The van der Waals surface area contributed by atoms with Crippen LogP contribution in [0.5, 0.6) is 0 Å². The molecular weight excluding hydrogens is 1290 g/mol. The largest absolute Gasteiger partial charge is 0.477 e. The highest BCUT2D eigenvalue weighted by atomic mass is 16.5. The smallest absolute Gasteiger partial charge is 0.343 e. The Morgan fingerprint density at radius 1 is 0.545 bits per heavy atom. The lowest BCUT2D eigenvalue weighted by molar-refractivity contribution is 0.0448. The van der Waals surface area contributed by atoms with E-state index in [0.717, 1.165) is 145 Å². The molecule has 12 aromatic rings. The van der Waals surface area contributed by atoms with Crippen molar-refractivity contribution in [2.45, 2.75) is 121 Å². The number of hydrogen-bond donors (Lipinski definition) is 8. The standard InChI is InChI=1S/C24H27N7O3.C22H24N6O3.C20H20N6O3.C4H9NO.CH4/c1-25-21-10-19(28-23-16(11-27-31(21)23)24(33)29-18-6-7-20(18)32)17-12-30(14-4-3-9-34-13-14)22-15(17)5-2-8-26-22;1-3-31-22(29)16-11-25-28-19(23-2)10-18(26-21(16)28)17-12-27(14-6-5-9-30-13-14)20-15(17)7-4-8-24-20;1-21-17-8-16(24-19-14(20(27)28)9-23-26(17)19)15-10-25(12-4-3-7-29-11-12)18-13(15)5-2-6-22-18;5-3-1-2-4(3)6;/h2,5,8,10-12,14,18,20,25,32H,3-4,6-7,9,13H2,1H3,(H,29,33);4,7-8,10-12,14,23H,3,5-6,9,13H2,1-2H3;2,5-6,8-10,12,21H,3-4,7,11H2,1H3,(H,27,28);3-4,6H,1-2,5H2;1H4/t14-,18?,20-;14-;12-;3-,4+;/m1110./s1. The summed E-state index contributed by atoms with van der Waals surface area (Å²) in [5.74, 6) is 0.315. The van der Waals surface area contributed by atoms with Crippen molar-refractivity contribution in [1.29, 1.82) is 0 Å². The van der Waals surface area contributed by atoms with Crippen molar-refractivity contribution in [2.24, 2.45) is 5.73 Å². The fourth-order valence-electron chi connectivity index (χ4n) is 13.4. The van der Waals surface area contributed by atoms with E-state index in [4.69, 9.17) is 39.8 Å². The highest BCUT2D eigenvalue weighted by Gasteiger charge is 2.33. The van der Waals surface area contributed by atoms with Crippen LogP contribution in [0.4, 0.5) is 17.5 Å². The number of nitrogens with zero attached hydrogens (tertiary/aromatic N) is 15. The van der Waals surface area contributed by atoms with E-state index < -0.39 is 18.0 Å². The van der Waals surface area contributed by atoms with E-state index in [0.29, 0.717) is 71.6 Å². The van der Waals surface area contributed by atoms with Crippen LogP contribution in [-0.4, -0.2) is 197 Å². The number of nitrogens with two attached hydrogens (primary N) is 1. The Labute approximate surface area is 580 Å². The fraction of sp³-hybridized carbons (Fsp3) is 0.408. The molecule has 1 amide bonds. The summed E-state index contributed by atoms with van der Waals surface area (Å²) in [4.78, 5) is 65.2. The molecule has 30 heteroatoms. The van der Waals surface area contributed by atoms with Crippen molar-refractivity contribution in [3.05, 3.63) is 127 Å². The maximum Gasteiger partial charge on any atom is 0.343 e. The molecule has 17 rings (SSSR count). The van der Waals surface area contributed by atoms with Crippen molar-refractivity contribution >= 4 is 85.3 Å². The number of carbonyl (C=O) groups excluding carboxylic acids is 2. The number of amides is 1. The molecule has 5 fully saturated rings. The molecule has 3 aliphatic heterocycles. The lowest BCUT2D eigenvalue weighted by Crippen LogP contribution is -2.50. The molecule has 3 saturated heterocycles. The Balaban J connectivity index is 0.000000129. The summed E-state index contributed by atoms with van der Waals surface area (Å²) in [7, 11) is 5.40. The number of rotatable bonds is 14. The number of carboxylic acid groups (broad SMARTS) is 1. The van der Waals surface area contributed by atoms with Gasteiger partial charge in [0.1, 0.15) is 51.1 Å². The van der Waals surface area contributed by atoms with E-state index in [1.165, 1.54) is 23.1 Å². The summed E-state index contributed by atoms with van der Waals surface area (Å²) in [5.41, 5.74) is 14.8. The van der Waals surface area contributed by atoms with Crippen molar-refractivity contribution < 1.29 is 48.7 Å². The van der Waals surface area contributed by atoms with Crippen molar-refractivity contribution in [3.63, 3.8) is 0 Å². The number of carbonyl (C=O) groups is 3. The SMILES string of the molecule is C.CCOC(=O)c1cnn2c(NC)cc(-c3cn([C@@H]4CCCOC4)c4ncccc34)nc12.CNc1cc(-c2cn([C@@H]3CCCOC3)c3ncccc23)nc2c(C(=O)NC3CC[C@H]3O)cnn12.CNc1cc(-c2cn([C@@H]3CCCOC3)c3ncccc23)nc2c(C(=O)O)cnn12.N[C@H]1CC[C@H]1O. The van der Waals surface area contributed by atoms with Crippen LogP contribution in [-0.2, 0) is 18.9 Å². The van der Waals surface area contributed by atoms with Gasteiger partial charge in [-0.3, -0.25) is 4.79 Å². The minimum absolute atomic E-state index is 0. The van der Waals surface area contributed by atoms with Gasteiger partial charge in [0.25, 0.3) is 5.91 Å². The Hall–Kier alpha value is -10.5. The zero-order chi connectivity index (χ0) is 69.1. The predicted octanol–water partition coefficient (Wildman–Crippen LogP) is 8.65. The van der Waals surface area contributed by atoms with Crippen molar-refractivity contribution in [3.8, 4) is 33.8 Å². The number of aliphatic hydroxyl groups is 2. The number of aliphatic hydroxyl groups excluding tert-OH is 2. The molecule has 2 saturated carbocycles. The monoisotopic (exact) mass is 1380 g/mol. The number of nitrogens with one attached hydrogen (secondary N) is 4. The van der Waals surface area contributed by atoms with Gasteiger partial charge in [-0.25, -0.2) is 39.5 Å². The zero-order valence-corrected chi connectivity index (χ0v) is 55.9. The number of pyridine rings is 3. The van der Waals surface area contributed by atoms with Gasteiger partial charge in [0.2, 0.25) is 0 Å². The Morgan fingerprint density at radius 2 is 0.931 bits per heavy atom. The van der Waals surface area contributed by atoms with E-state index in [9.17, 15) is 24.6 Å². The molecule has 0 spiro atoms. The van der Waals surface area contributed by atoms with Gasteiger partial charge < -0.3 is 75.0 Å². The van der Waals surface area contributed by atoms with Gasteiger partial charge in [-0.2, -0.15) is 28.8 Å². The molecule has 0 radical (unpaired) electrons. The zero-order valence-electron chi connectivity index (χ0n) is 55.9.